The number of nitrogens with zero attached hydrogens (tertiary/aromatic N) is 1. The Labute approximate surface area is 170 Å². The number of rotatable bonds is 5. The van der Waals surface area contributed by atoms with Crippen LogP contribution in [-0.4, -0.2) is 23.9 Å². The lowest BCUT2D eigenvalue weighted by atomic mass is 9.96. The second kappa shape index (κ2) is 9.38. The number of carbonyl (C=O) groups is 1. The Hall–Kier alpha value is -2.13. The largest absolute Gasteiger partial charge is 0.346 e. The van der Waals surface area contributed by atoms with Gasteiger partial charge in [-0.3, -0.25) is 9.69 Å². The first-order valence-corrected chi connectivity index (χ1v) is 10.6. The molecule has 1 aliphatic heterocycles. The summed E-state index contributed by atoms with van der Waals surface area (Å²) in [5.74, 6) is -0.00792. The van der Waals surface area contributed by atoms with Crippen molar-refractivity contribution in [2.24, 2.45) is 0 Å². The Bertz CT molecular complexity index is 802. The van der Waals surface area contributed by atoms with E-state index in [-0.39, 0.29) is 11.9 Å². The van der Waals surface area contributed by atoms with Gasteiger partial charge in [-0.2, -0.15) is 0 Å². The van der Waals surface area contributed by atoms with Crippen molar-refractivity contribution < 1.29 is 4.79 Å². The number of nitrogens with one attached hydrogen (secondary N) is 1. The van der Waals surface area contributed by atoms with Crippen molar-refractivity contribution in [2.75, 3.05) is 13.1 Å². The molecule has 0 aliphatic carbocycles. The maximum Gasteiger partial charge on any atom is 0.251 e. The molecule has 3 heteroatoms. The third-order valence-electron chi connectivity index (χ3n) is 6.02. The van der Waals surface area contributed by atoms with Crippen molar-refractivity contribution in [1.82, 2.24) is 10.2 Å². The summed E-state index contributed by atoms with van der Waals surface area (Å²) in [6, 6.07) is 12.5. The summed E-state index contributed by atoms with van der Waals surface area (Å²) in [7, 11) is 0. The minimum atomic E-state index is -0.0106. The molecule has 1 aliphatic rings. The summed E-state index contributed by atoms with van der Waals surface area (Å²) < 4.78 is 0. The first-order chi connectivity index (χ1) is 13.4. The van der Waals surface area contributed by atoms with Crippen LogP contribution in [0, 0.1) is 20.8 Å². The number of amides is 1. The van der Waals surface area contributed by atoms with Crippen LogP contribution in [0.4, 0.5) is 0 Å². The highest BCUT2D eigenvalue weighted by atomic mass is 16.1. The van der Waals surface area contributed by atoms with Gasteiger partial charge in [0.2, 0.25) is 0 Å². The van der Waals surface area contributed by atoms with Gasteiger partial charge in [-0.1, -0.05) is 37.1 Å². The van der Waals surface area contributed by atoms with Gasteiger partial charge in [0.05, 0.1) is 6.04 Å². The van der Waals surface area contributed by atoms with Gasteiger partial charge < -0.3 is 5.32 Å². The van der Waals surface area contributed by atoms with Gasteiger partial charge in [-0.25, -0.2) is 0 Å². The molecule has 1 heterocycles. The zero-order valence-electron chi connectivity index (χ0n) is 17.8. The number of benzene rings is 2. The first kappa shape index (κ1) is 20.6. The Morgan fingerprint density at radius 2 is 1.54 bits per heavy atom. The quantitative estimate of drug-likeness (QED) is 0.747. The van der Waals surface area contributed by atoms with Crippen molar-refractivity contribution >= 4 is 5.91 Å². The van der Waals surface area contributed by atoms with Crippen LogP contribution in [0.15, 0.2) is 36.4 Å². The topological polar surface area (TPSA) is 32.3 Å². The fourth-order valence-electron chi connectivity index (χ4n) is 4.12. The number of hydrogen-bond donors (Lipinski definition) is 1. The number of carbonyl (C=O) groups excluding carboxylic acids is 1. The molecule has 1 N–H and O–H groups in total. The molecule has 2 aromatic rings. The zero-order valence-corrected chi connectivity index (χ0v) is 17.8. The van der Waals surface area contributed by atoms with Gasteiger partial charge in [0.15, 0.2) is 0 Å². The fourth-order valence-corrected chi connectivity index (χ4v) is 4.12. The van der Waals surface area contributed by atoms with Crippen molar-refractivity contribution in [3.63, 3.8) is 0 Å². The molecule has 0 bridgehead atoms. The van der Waals surface area contributed by atoms with Gasteiger partial charge in [-0.05, 0) is 93.6 Å². The first-order valence-electron chi connectivity index (χ1n) is 10.6. The summed E-state index contributed by atoms with van der Waals surface area (Å²) in [5, 5.41) is 3.16. The van der Waals surface area contributed by atoms with Crippen molar-refractivity contribution in [3.8, 4) is 0 Å². The highest BCUT2D eigenvalue weighted by Gasteiger charge is 2.15. The van der Waals surface area contributed by atoms with E-state index >= 15 is 0 Å². The summed E-state index contributed by atoms with van der Waals surface area (Å²) in [4.78, 5) is 15.3. The minimum absolute atomic E-state index is 0.00792. The van der Waals surface area contributed by atoms with E-state index in [1.807, 2.05) is 12.1 Å². The molecular formula is C25H34N2O. The SMILES string of the molecule is Cc1cc(C)c([C@H](C)NC(=O)c2ccc(CN3CCCCCC3)cc2)cc1C. The molecule has 0 saturated carbocycles. The molecule has 0 spiro atoms. The van der Waals surface area contributed by atoms with Crippen molar-refractivity contribution in [1.29, 1.82) is 0 Å². The van der Waals surface area contributed by atoms with Crippen molar-refractivity contribution in [2.45, 2.75) is 66.0 Å². The third kappa shape index (κ3) is 5.23. The predicted molar refractivity (Wildman–Crippen MR) is 117 cm³/mol. The van der Waals surface area contributed by atoms with E-state index in [0.717, 1.165) is 12.1 Å². The molecule has 1 amide bonds. The van der Waals surface area contributed by atoms with E-state index in [2.05, 4.69) is 62.2 Å². The Balaban J connectivity index is 1.62. The van der Waals surface area contributed by atoms with Crippen molar-refractivity contribution in [3.05, 3.63) is 69.8 Å². The Morgan fingerprint density at radius 1 is 0.929 bits per heavy atom. The summed E-state index contributed by atoms with van der Waals surface area (Å²) >= 11 is 0. The van der Waals surface area contributed by atoms with E-state index in [1.54, 1.807) is 0 Å². The van der Waals surface area contributed by atoms with E-state index < -0.39 is 0 Å². The third-order valence-corrected chi connectivity index (χ3v) is 6.02. The average molecular weight is 379 g/mol. The highest BCUT2D eigenvalue weighted by molar-refractivity contribution is 5.94. The monoisotopic (exact) mass is 378 g/mol. The van der Waals surface area contributed by atoms with Crippen LogP contribution < -0.4 is 5.32 Å². The molecule has 1 atom stereocenters. The van der Waals surface area contributed by atoms with Gasteiger partial charge in [0.25, 0.3) is 5.91 Å². The lowest BCUT2D eigenvalue weighted by Gasteiger charge is -2.20. The highest BCUT2D eigenvalue weighted by Crippen LogP contribution is 2.22. The van der Waals surface area contributed by atoms with E-state index in [4.69, 9.17) is 0 Å². The minimum Gasteiger partial charge on any atom is -0.346 e. The normalized spacial score (nSPS) is 16.4. The molecule has 2 aromatic carbocycles. The zero-order chi connectivity index (χ0) is 20.1. The van der Waals surface area contributed by atoms with Crippen LogP contribution in [0.25, 0.3) is 0 Å². The van der Waals surface area contributed by atoms with Crippen LogP contribution >= 0.6 is 0 Å². The van der Waals surface area contributed by atoms with E-state index in [1.165, 1.54) is 66.6 Å². The van der Waals surface area contributed by atoms with Gasteiger partial charge >= 0.3 is 0 Å². The molecule has 0 radical (unpaired) electrons. The molecule has 1 fully saturated rings. The van der Waals surface area contributed by atoms with Crippen LogP contribution in [0.3, 0.4) is 0 Å². The number of aryl methyl sites for hydroxylation is 3. The van der Waals surface area contributed by atoms with Gasteiger partial charge in [0, 0.05) is 12.1 Å². The summed E-state index contributed by atoms with van der Waals surface area (Å²) in [6.45, 7) is 11.8. The molecular weight excluding hydrogens is 344 g/mol. The maximum atomic E-state index is 12.7. The molecule has 3 rings (SSSR count). The van der Waals surface area contributed by atoms with Crippen LogP contribution in [0.1, 0.15) is 76.8 Å². The van der Waals surface area contributed by atoms with Gasteiger partial charge in [0.1, 0.15) is 0 Å². The standard InChI is InChI=1S/C25H34N2O/c1-18-15-20(3)24(16-19(18)2)21(4)26-25(28)23-11-9-22(10-12-23)17-27-13-7-5-6-8-14-27/h9-12,15-16,21H,5-8,13-14,17H2,1-4H3,(H,26,28)/t21-/m0/s1. The summed E-state index contributed by atoms with van der Waals surface area (Å²) in [5.41, 5.74) is 6.99. The molecule has 0 aromatic heterocycles. The Kier molecular flexibility index (Phi) is 6.90. The molecule has 3 nitrogen and oxygen atoms in total. The molecule has 28 heavy (non-hydrogen) atoms. The van der Waals surface area contributed by atoms with E-state index in [0.29, 0.717) is 0 Å². The average Bonchev–Trinajstić information content (AvgIpc) is 2.94. The molecule has 0 unspecified atom stereocenters. The second-order valence-corrected chi connectivity index (χ2v) is 8.38. The van der Waals surface area contributed by atoms with E-state index in [9.17, 15) is 4.79 Å². The van der Waals surface area contributed by atoms with Crippen LogP contribution in [-0.2, 0) is 6.54 Å². The lowest BCUT2D eigenvalue weighted by Crippen LogP contribution is -2.27. The lowest BCUT2D eigenvalue weighted by molar-refractivity contribution is 0.0940. The summed E-state index contributed by atoms with van der Waals surface area (Å²) in [6.07, 6.45) is 5.31. The predicted octanol–water partition coefficient (Wildman–Crippen LogP) is 5.48. The smallest absolute Gasteiger partial charge is 0.251 e. The van der Waals surface area contributed by atoms with Crippen LogP contribution in [0.2, 0.25) is 0 Å². The number of likely N-dealkylation sites (tertiary alicyclic amines) is 1. The Morgan fingerprint density at radius 3 is 2.18 bits per heavy atom. The fraction of sp³-hybridized carbons (Fsp3) is 0.480. The molecule has 150 valence electrons. The van der Waals surface area contributed by atoms with Gasteiger partial charge in [-0.15, -0.1) is 0 Å². The maximum absolute atomic E-state index is 12.7. The number of hydrogen-bond acceptors (Lipinski definition) is 2. The second-order valence-electron chi connectivity index (χ2n) is 8.38. The van der Waals surface area contributed by atoms with Crippen LogP contribution in [0.5, 0.6) is 0 Å². The molecule has 1 saturated heterocycles.